The fraction of sp³-hybridized carbons (Fsp3) is 0.435. The second-order valence-electron chi connectivity index (χ2n) is 9.01. The molecule has 2 aromatic heterocycles. The smallest absolute Gasteiger partial charge is 0.147 e. The minimum Gasteiger partial charge on any atom is -0.507 e. The first-order valence-corrected chi connectivity index (χ1v) is 10.8. The second kappa shape index (κ2) is 7.81. The highest BCUT2D eigenvalue weighted by Gasteiger charge is 2.46. The third-order valence-electron chi connectivity index (χ3n) is 6.84. The van der Waals surface area contributed by atoms with Crippen molar-refractivity contribution in [3.05, 3.63) is 42.7 Å². The maximum atomic E-state index is 14.8. The van der Waals surface area contributed by atoms with E-state index in [4.69, 9.17) is 0 Å². The number of benzene rings is 1. The molecular weight excluding hydrogens is 414 g/mol. The SMILES string of the molecule is CN(c1cnc(-c2cc(F)c(-c3cnn(C)c3)cc2O)cn1)[C@H]1C[C@@H]2CC[C@](CF)(C1)N2. The topological polar surface area (TPSA) is 79.1 Å². The maximum absolute atomic E-state index is 14.8. The van der Waals surface area contributed by atoms with Crippen molar-refractivity contribution in [2.75, 3.05) is 18.6 Å². The molecule has 3 aromatic rings. The molecule has 0 radical (unpaired) electrons. The molecule has 7 nitrogen and oxygen atoms in total. The van der Waals surface area contributed by atoms with Crippen LogP contribution in [-0.2, 0) is 7.05 Å². The number of anilines is 1. The van der Waals surface area contributed by atoms with Crippen molar-refractivity contribution in [3.63, 3.8) is 0 Å². The van der Waals surface area contributed by atoms with Crippen molar-refractivity contribution >= 4 is 5.82 Å². The monoisotopic (exact) mass is 440 g/mol. The summed E-state index contributed by atoms with van der Waals surface area (Å²) in [7, 11) is 3.70. The summed E-state index contributed by atoms with van der Waals surface area (Å²) in [6.45, 7) is -0.363. The first kappa shape index (κ1) is 20.8. The molecule has 32 heavy (non-hydrogen) atoms. The van der Waals surface area contributed by atoms with E-state index in [0.29, 0.717) is 23.1 Å². The molecule has 0 aliphatic carbocycles. The number of aryl methyl sites for hydroxylation is 1. The van der Waals surface area contributed by atoms with E-state index in [1.807, 2.05) is 11.9 Å². The van der Waals surface area contributed by atoms with Crippen molar-refractivity contribution in [1.29, 1.82) is 0 Å². The number of nitrogens with zero attached hydrogens (tertiary/aromatic N) is 5. The van der Waals surface area contributed by atoms with Crippen molar-refractivity contribution < 1.29 is 13.9 Å². The zero-order valence-electron chi connectivity index (χ0n) is 18.1. The van der Waals surface area contributed by atoms with E-state index in [1.165, 1.54) is 18.3 Å². The molecule has 0 saturated carbocycles. The summed E-state index contributed by atoms with van der Waals surface area (Å²) >= 11 is 0. The lowest BCUT2D eigenvalue weighted by atomic mass is 9.88. The highest BCUT2D eigenvalue weighted by atomic mass is 19.1. The van der Waals surface area contributed by atoms with Gasteiger partial charge in [0.25, 0.3) is 0 Å². The van der Waals surface area contributed by atoms with Gasteiger partial charge < -0.3 is 15.3 Å². The lowest BCUT2D eigenvalue weighted by Gasteiger charge is -2.41. The normalized spacial score (nSPS) is 24.6. The van der Waals surface area contributed by atoms with E-state index in [-0.39, 0.29) is 29.6 Å². The van der Waals surface area contributed by atoms with Crippen LogP contribution in [0.4, 0.5) is 14.6 Å². The molecule has 1 aromatic carbocycles. The van der Waals surface area contributed by atoms with Crippen LogP contribution in [0.25, 0.3) is 22.4 Å². The lowest BCUT2D eigenvalue weighted by molar-refractivity contribution is 0.197. The standard InChI is InChI=1S/C23H26F2N6O/c1-30-12-14(9-28-30)17-7-21(32)18(6-19(17)25)20-10-27-22(11-26-20)31(2)16-5-15-3-4-23(8-16,13-24)29-15/h6-7,9-12,15-16,29,32H,3-5,8,13H2,1-2H3/t15-,16-,23+/m0/s1. The molecule has 168 valence electrons. The Morgan fingerprint density at radius 1 is 1.25 bits per heavy atom. The van der Waals surface area contributed by atoms with Gasteiger partial charge in [-0.3, -0.25) is 9.67 Å². The molecular formula is C23H26F2N6O. The van der Waals surface area contributed by atoms with E-state index < -0.39 is 11.4 Å². The van der Waals surface area contributed by atoms with Gasteiger partial charge in [0, 0.05) is 54.6 Å². The number of halogens is 2. The Labute approximate surface area is 185 Å². The van der Waals surface area contributed by atoms with Gasteiger partial charge in [-0.2, -0.15) is 5.10 Å². The second-order valence-corrected chi connectivity index (χ2v) is 9.01. The van der Waals surface area contributed by atoms with Gasteiger partial charge >= 0.3 is 0 Å². The van der Waals surface area contributed by atoms with Crippen LogP contribution in [0.1, 0.15) is 25.7 Å². The Bertz CT molecular complexity index is 1130. The Kier molecular flexibility index (Phi) is 5.08. The summed E-state index contributed by atoms with van der Waals surface area (Å²) in [5.41, 5.74) is 1.08. The minimum atomic E-state index is -0.476. The molecule has 2 aliphatic heterocycles. The van der Waals surface area contributed by atoms with Crippen molar-refractivity contribution in [3.8, 4) is 28.1 Å². The molecule has 0 spiro atoms. The van der Waals surface area contributed by atoms with E-state index in [2.05, 4.69) is 20.4 Å². The predicted octanol–water partition coefficient (Wildman–Crippen LogP) is 3.45. The number of nitrogens with one attached hydrogen (secondary N) is 1. The molecule has 2 fully saturated rings. The summed E-state index contributed by atoms with van der Waals surface area (Å²) in [6, 6.07) is 3.15. The number of hydrogen-bond acceptors (Lipinski definition) is 6. The summed E-state index contributed by atoms with van der Waals surface area (Å²) in [6.07, 6.45) is 9.90. The number of aromatic nitrogens is 4. The average molecular weight is 440 g/mol. The largest absolute Gasteiger partial charge is 0.507 e. The van der Waals surface area contributed by atoms with Gasteiger partial charge in [0.05, 0.1) is 24.3 Å². The summed E-state index contributed by atoms with van der Waals surface area (Å²) in [4.78, 5) is 11.0. The molecule has 3 atom stereocenters. The number of rotatable bonds is 5. The van der Waals surface area contributed by atoms with Gasteiger partial charge in [0.2, 0.25) is 0 Å². The number of aromatic hydroxyl groups is 1. The molecule has 2 N–H and O–H groups in total. The zero-order chi connectivity index (χ0) is 22.5. The fourth-order valence-corrected chi connectivity index (χ4v) is 5.06. The quantitative estimate of drug-likeness (QED) is 0.633. The van der Waals surface area contributed by atoms with Gasteiger partial charge in [-0.05, 0) is 37.8 Å². The van der Waals surface area contributed by atoms with Crippen LogP contribution in [0.5, 0.6) is 5.75 Å². The molecule has 5 rings (SSSR count). The molecule has 2 bridgehead atoms. The minimum absolute atomic E-state index is 0.0829. The molecule has 2 saturated heterocycles. The summed E-state index contributed by atoms with van der Waals surface area (Å²) in [5.74, 6) is 0.108. The Hall–Kier alpha value is -3.07. The Morgan fingerprint density at radius 2 is 2.09 bits per heavy atom. The van der Waals surface area contributed by atoms with Crippen molar-refractivity contribution in [2.45, 2.75) is 43.3 Å². The van der Waals surface area contributed by atoms with Crippen LogP contribution in [0.2, 0.25) is 0 Å². The first-order chi connectivity index (χ1) is 15.4. The van der Waals surface area contributed by atoms with E-state index >= 15 is 0 Å². The Morgan fingerprint density at radius 3 is 2.78 bits per heavy atom. The number of fused-ring (bicyclic) bond motifs is 2. The molecule has 4 heterocycles. The number of phenols is 1. The molecule has 0 amide bonds. The average Bonchev–Trinajstić information content (AvgIpc) is 3.37. The van der Waals surface area contributed by atoms with Crippen LogP contribution in [0.15, 0.2) is 36.9 Å². The van der Waals surface area contributed by atoms with Crippen LogP contribution in [-0.4, -0.2) is 56.2 Å². The molecule has 2 aliphatic rings. The van der Waals surface area contributed by atoms with Crippen LogP contribution < -0.4 is 10.2 Å². The van der Waals surface area contributed by atoms with Crippen LogP contribution >= 0.6 is 0 Å². The number of phenolic OH excluding ortho intramolecular Hbond substituents is 1. The number of piperidine rings is 1. The lowest BCUT2D eigenvalue weighted by Crippen LogP contribution is -2.56. The summed E-state index contributed by atoms with van der Waals surface area (Å²) < 4.78 is 30.0. The van der Waals surface area contributed by atoms with E-state index in [1.54, 1.807) is 30.3 Å². The Balaban J connectivity index is 1.37. The van der Waals surface area contributed by atoms with Gasteiger partial charge in [-0.1, -0.05) is 0 Å². The van der Waals surface area contributed by atoms with Crippen molar-refractivity contribution in [1.82, 2.24) is 25.1 Å². The fourth-order valence-electron chi connectivity index (χ4n) is 5.06. The highest BCUT2D eigenvalue weighted by molar-refractivity contribution is 5.74. The molecule has 9 heteroatoms. The number of alkyl halides is 1. The predicted molar refractivity (Wildman–Crippen MR) is 118 cm³/mol. The van der Waals surface area contributed by atoms with Crippen LogP contribution in [0, 0.1) is 5.82 Å². The van der Waals surface area contributed by atoms with E-state index in [9.17, 15) is 13.9 Å². The van der Waals surface area contributed by atoms with Gasteiger partial charge in [0.1, 0.15) is 24.1 Å². The summed E-state index contributed by atoms with van der Waals surface area (Å²) in [5, 5.41) is 18.0. The van der Waals surface area contributed by atoms with Crippen LogP contribution in [0.3, 0.4) is 0 Å². The zero-order valence-corrected chi connectivity index (χ0v) is 18.1. The van der Waals surface area contributed by atoms with Gasteiger partial charge in [-0.25, -0.2) is 13.8 Å². The number of hydrogen-bond donors (Lipinski definition) is 2. The van der Waals surface area contributed by atoms with Crippen molar-refractivity contribution in [2.24, 2.45) is 7.05 Å². The van der Waals surface area contributed by atoms with Gasteiger partial charge in [-0.15, -0.1) is 0 Å². The maximum Gasteiger partial charge on any atom is 0.147 e. The highest BCUT2D eigenvalue weighted by Crippen LogP contribution is 2.39. The van der Waals surface area contributed by atoms with Gasteiger partial charge in [0.15, 0.2) is 0 Å². The van der Waals surface area contributed by atoms with E-state index in [0.717, 1.165) is 25.7 Å². The third-order valence-corrected chi connectivity index (χ3v) is 6.84. The molecule has 0 unspecified atom stereocenters. The first-order valence-electron chi connectivity index (χ1n) is 10.8. The third kappa shape index (κ3) is 3.60.